The summed E-state index contributed by atoms with van der Waals surface area (Å²) >= 11 is 0. The molecule has 1 aromatic carbocycles. The van der Waals surface area contributed by atoms with E-state index in [0.717, 1.165) is 30.2 Å². The fraction of sp³-hybridized carbons (Fsp3) is 0.267. The van der Waals surface area contributed by atoms with E-state index in [1.54, 1.807) is 12.4 Å². The molecule has 0 saturated carbocycles. The Kier molecular flexibility index (Phi) is 4.61. The van der Waals surface area contributed by atoms with Crippen LogP contribution in [0.2, 0.25) is 0 Å². The Morgan fingerprint density at radius 3 is 2.47 bits per heavy atom. The predicted octanol–water partition coefficient (Wildman–Crippen LogP) is 3.70. The molecular weight excluding hydrogens is 240 g/mol. The summed E-state index contributed by atoms with van der Waals surface area (Å²) in [6.45, 7) is 2.81. The van der Waals surface area contributed by atoms with E-state index in [-0.39, 0.29) is 0 Å². The lowest BCUT2D eigenvalue weighted by Gasteiger charge is -2.08. The number of ether oxygens (including phenoxy) is 2. The molecule has 0 aliphatic heterocycles. The van der Waals surface area contributed by atoms with Crippen LogP contribution in [0.5, 0.6) is 17.2 Å². The maximum Gasteiger partial charge on any atom is 0.147 e. The Balaban J connectivity index is 2.02. The monoisotopic (exact) mass is 258 g/mol. The summed E-state index contributed by atoms with van der Waals surface area (Å²) in [7, 11) is 1.85. The van der Waals surface area contributed by atoms with Crippen LogP contribution in [0, 0.1) is 0 Å². The second-order valence-electron chi connectivity index (χ2n) is 4.08. The van der Waals surface area contributed by atoms with Crippen molar-refractivity contribution < 1.29 is 9.47 Å². The molecule has 1 heterocycles. The summed E-state index contributed by atoms with van der Waals surface area (Å²) in [5.74, 6) is 2.32. The normalized spacial score (nSPS) is 10.0. The Labute approximate surface area is 113 Å². The van der Waals surface area contributed by atoms with Gasteiger partial charge in [-0.2, -0.15) is 0 Å². The van der Waals surface area contributed by atoms with Crippen LogP contribution in [0.15, 0.2) is 42.7 Å². The highest BCUT2D eigenvalue weighted by molar-refractivity contribution is 5.45. The van der Waals surface area contributed by atoms with Gasteiger partial charge in [0.1, 0.15) is 17.2 Å². The summed E-state index contributed by atoms with van der Waals surface area (Å²) in [6.07, 6.45) is 4.43. The van der Waals surface area contributed by atoms with E-state index in [1.165, 1.54) is 0 Å². The Bertz CT molecular complexity index is 512. The first-order valence-corrected chi connectivity index (χ1v) is 6.35. The number of anilines is 1. The number of hydrogen-bond acceptors (Lipinski definition) is 4. The zero-order valence-electron chi connectivity index (χ0n) is 11.2. The van der Waals surface area contributed by atoms with Gasteiger partial charge in [0.05, 0.1) is 24.7 Å². The van der Waals surface area contributed by atoms with E-state index in [1.807, 2.05) is 37.4 Å². The van der Waals surface area contributed by atoms with Gasteiger partial charge in [0.25, 0.3) is 0 Å². The highest BCUT2D eigenvalue weighted by Gasteiger charge is 2.00. The molecule has 0 radical (unpaired) electrons. The standard InChI is InChI=1S/C15H18N2O2/c1-3-8-18-13-4-6-14(7-5-13)19-15-9-12(16-2)10-17-11-15/h4-7,9-11,16H,3,8H2,1-2H3. The molecule has 0 aliphatic rings. The van der Waals surface area contributed by atoms with Crippen molar-refractivity contribution in [3.63, 3.8) is 0 Å². The molecule has 0 amide bonds. The van der Waals surface area contributed by atoms with Crippen molar-refractivity contribution in [2.45, 2.75) is 13.3 Å². The van der Waals surface area contributed by atoms with E-state index in [0.29, 0.717) is 5.75 Å². The van der Waals surface area contributed by atoms with Crippen molar-refractivity contribution in [1.82, 2.24) is 4.98 Å². The maximum absolute atomic E-state index is 5.72. The minimum atomic E-state index is 0.703. The van der Waals surface area contributed by atoms with Crippen molar-refractivity contribution >= 4 is 5.69 Å². The van der Waals surface area contributed by atoms with Crippen molar-refractivity contribution in [2.75, 3.05) is 19.0 Å². The lowest BCUT2D eigenvalue weighted by atomic mass is 10.3. The Hall–Kier alpha value is -2.23. The first-order chi connectivity index (χ1) is 9.31. The number of benzene rings is 1. The van der Waals surface area contributed by atoms with E-state index in [2.05, 4.69) is 17.2 Å². The van der Waals surface area contributed by atoms with Crippen molar-refractivity contribution in [3.8, 4) is 17.2 Å². The van der Waals surface area contributed by atoms with E-state index in [4.69, 9.17) is 9.47 Å². The molecule has 2 aromatic rings. The molecule has 0 atom stereocenters. The van der Waals surface area contributed by atoms with Crippen molar-refractivity contribution in [3.05, 3.63) is 42.7 Å². The van der Waals surface area contributed by atoms with Crippen LogP contribution < -0.4 is 14.8 Å². The third kappa shape index (κ3) is 3.88. The summed E-state index contributed by atoms with van der Waals surface area (Å²) in [6, 6.07) is 9.48. The first kappa shape index (κ1) is 13.2. The zero-order chi connectivity index (χ0) is 13.5. The van der Waals surface area contributed by atoms with Gasteiger partial charge < -0.3 is 14.8 Å². The molecule has 0 bridgehead atoms. The quantitative estimate of drug-likeness (QED) is 0.857. The first-order valence-electron chi connectivity index (χ1n) is 6.35. The van der Waals surface area contributed by atoms with Crippen LogP contribution >= 0.6 is 0 Å². The van der Waals surface area contributed by atoms with Crippen LogP contribution in [0.3, 0.4) is 0 Å². The van der Waals surface area contributed by atoms with Gasteiger partial charge in [0.2, 0.25) is 0 Å². The van der Waals surface area contributed by atoms with Gasteiger partial charge in [0.15, 0.2) is 0 Å². The molecule has 0 unspecified atom stereocenters. The SMILES string of the molecule is CCCOc1ccc(Oc2cncc(NC)c2)cc1. The zero-order valence-corrected chi connectivity index (χ0v) is 11.2. The lowest BCUT2D eigenvalue weighted by Crippen LogP contribution is -1.94. The van der Waals surface area contributed by atoms with Gasteiger partial charge in [0, 0.05) is 13.1 Å². The molecule has 0 saturated heterocycles. The summed E-state index contributed by atoms with van der Waals surface area (Å²) in [4.78, 5) is 4.10. The molecule has 4 heteroatoms. The molecule has 0 spiro atoms. The second kappa shape index (κ2) is 6.64. The van der Waals surface area contributed by atoms with Crippen LogP contribution in [0.25, 0.3) is 0 Å². The number of aromatic nitrogens is 1. The molecule has 2 rings (SSSR count). The molecule has 1 aromatic heterocycles. The fourth-order valence-electron chi connectivity index (χ4n) is 1.57. The van der Waals surface area contributed by atoms with Crippen LogP contribution in [0.4, 0.5) is 5.69 Å². The second-order valence-corrected chi connectivity index (χ2v) is 4.08. The highest BCUT2D eigenvalue weighted by Crippen LogP contribution is 2.24. The molecule has 100 valence electrons. The van der Waals surface area contributed by atoms with E-state index >= 15 is 0 Å². The maximum atomic E-state index is 5.72. The number of nitrogens with one attached hydrogen (secondary N) is 1. The smallest absolute Gasteiger partial charge is 0.147 e. The summed E-state index contributed by atoms with van der Waals surface area (Å²) in [5.41, 5.74) is 0.917. The Morgan fingerprint density at radius 1 is 1.05 bits per heavy atom. The van der Waals surface area contributed by atoms with Crippen molar-refractivity contribution in [1.29, 1.82) is 0 Å². The predicted molar refractivity (Wildman–Crippen MR) is 76.1 cm³/mol. The van der Waals surface area contributed by atoms with Crippen molar-refractivity contribution in [2.24, 2.45) is 0 Å². The topological polar surface area (TPSA) is 43.4 Å². The number of hydrogen-bond donors (Lipinski definition) is 1. The van der Waals surface area contributed by atoms with Crippen LogP contribution in [0.1, 0.15) is 13.3 Å². The minimum Gasteiger partial charge on any atom is -0.494 e. The third-order valence-electron chi connectivity index (χ3n) is 2.53. The summed E-state index contributed by atoms with van der Waals surface area (Å²) in [5, 5.41) is 3.02. The highest BCUT2D eigenvalue weighted by atomic mass is 16.5. The summed E-state index contributed by atoms with van der Waals surface area (Å²) < 4.78 is 11.2. The molecule has 0 fully saturated rings. The van der Waals surface area contributed by atoms with Gasteiger partial charge in [-0.15, -0.1) is 0 Å². The average molecular weight is 258 g/mol. The molecule has 4 nitrogen and oxygen atoms in total. The number of pyridine rings is 1. The molecule has 0 aliphatic carbocycles. The van der Waals surface area contributed by atoms with Gasteiger partial charge in [-0.25, -0.2) is 0 Å². The fourth-order valence-corrected chi connectivity index (χ4v) is 1.57. The van der Waals surface area contributed by atoms with Crippen LogP contribution in [-0.2, 0) is 0 Å². The van der Waals surface area contributed by atoms with E-state index < -0.39 is 0 Å². The number of nitrogens with zero attached hydrogens (tertiary/aromatic N) is 1. The largest absolute Gasteiger partial charge is 0.494 e. The molecular formula is C15H18N2O2. The van der Waals surface area contributed by atoms with Gasteiger partial charge in [-0.05, 0) is 30.7 Å². The van der Waals surface area contributed by atoms with Gasteiger partial charge in [-0.1, -0.05) is 6.92 Å². The van der Waals surface area contributed by atoms with Gasteiger partial charge >= 0.3 is 0 Å². The number of rotatable bonds is 6. The van der Waals surface area contributed by atoms with Crippen LogP contribution in [-0.4, -0.2) is 18.6 Å². The average Bonchev–Trinajstić information content (AvgIpc) is 2.47. The third-order valence-corrected chi connectivity index (χ3v) is 2.53. The Morgan fingerprint density at radius 2 is 1.79 bits per heavy atom. The minimum absolute atomic E-state index is 0.703. The van der Waals surface area contributed by atoms with Gasteiger partial charge in [-0.3, -0.25) is 4.98 Å². The van der Waals surface area contributed by atoms with E-state index in [9.17, 15) is 0 Å². The lowest BCUT2D eigenvalue weighted by molar-refractivity contribution is 0.317. The molecule has 1 N–H and O–H groups in total. The molecule has 19 heavy (non-hydrogen) atoms.